The van der Waals surface area contributed by atoms with Gasteiger partial charge in [-0.25, -0.2) is 13.2 Å². The number of rotatable bonds is 7. The Bertz CT molecular complexity index is 703. The normalized spacial score (nSPS) is 14.1. The fourth-order valence-electron chi connectivity index (χ4n) is 1.87. The smallest absolute Gasteiger partial charge is 0.339 e. The average Bonchev–Trinajstić information content (AvgIpc) is 2.50. The van der Waals surface area contributed by atoms with Crippen LogP contribution in [0.2, 0.25) is 5.02 Å². The fourth-order valence-corrected chi connectivity index (χ4v) is 3.63. The van der Waals surface area contributed by atoms with Crippen LogP contribution in [0.1, 0.15) is 30.6 Å². The molecule has 0 amide bonds. The highest BCUT2D eigenvalue weighted by molar-refractivity contribution is 7.89. The van der Waals surface area contributed by atoms with Gasteiger partial charge in [0.25, 0.3) is 0 Å². The number of methoxy groups -OCH3 is 1. The Morgan fingerprint density at radius 3 is 2.48 bits per heavy atom. The van der Waals surface area contributed by atoms with Crippen LogP contribution in [0.5, 0.6) is 0 Å². The van der Waals surface area contributed by atoms with E-state index in [1.54, 1.807) is 13.8 Å². The molecule has 9 heteroatoms. The highest BCUT2D eigenvalue weighted by Gasteiger charge is 2.32. The molecule has 0 bridgehead atoms. The molecule has 1 aromatic rings. The Kier molecular flexibility index (Phi) is 6.55. The lowest BCUT2D eigenvalue weighted by Gasteiger charge is -2.20. The van der Waals surface area contributed by atoms with Crippen molar-refractivity contribution in [3.05, 3.63) is 28.8 Å². The zero-order chi connectivity index (χ0) is 17.8. The molecule has 0 unspecified atom stereocenters. The van der Waals surface area contributed by atoms with E-state index in [0.717, 1.165) is 13.2 Å². The molecule has 0 radical (unpaired) electrons. The summed E-state index contributed by atoms with van der Waals surface area (Å²) >= 11 is 5.80. The summed E-state index contributed by atoms with van der Waals surface area (Å²) in [6.45, 7) is 3.36. The number of carboxylic acids is 1. The Balaban J connectivity index is 3.35. The van der Waals surface area contributed by atoms with E-state index in [9.17, 15) is 23.1 Å². The van der Waals surface area contributed by atoms with Gasteiger partial charge in [0.05, 0.1) is 17.6 Å². The number of hydrogen-bond acceptors (Lipinski definition) is 5. The number of carbonyl (C=O) groups excluding carboxylic acids is 1. The van der Waals surface area contributed by atoms with E-state index in [4.69, 9.17) is 11.6 Å². The molecule has 2 atom stereocenters. The second-order valence-corrected chi connectivity index (χ2v) is 7.07. The maximum Gasteiger partial charge on any atom is 0.339 e. The Labute approximate surface area is 139 Å². The lowest BCUT2D eigenvalue weighted by Crippen LogP contribution is -2.45. The molecular formula is C14H18ClNO6S. The summed E-state index contributed by atoms with van der Waals surface area (Å²) in [6, 6.07) is 2.30. The molecule has 0 fully saturated rings. The molecule has 0 heterocycles. The van der Waals surface area contributed by atoms with Gasteiger partial charge >= 0.3 is 11.9 Å². The van der Waals surface area contributed by atoms with Crippen molar-refractivity contribution in [2.24, 2.45) is 5.92 Å². The summed E-state index contributed by atoms with van der Waals surface area (Å²) in [5.74, 6) is -2.61. The third-order valence-corrected chi connectivity index (χ3v) is 5.12. The van der Waals surface area contributed by atoms with Crippen LogP contribution in [0.3, 0.4) is 0 Å². The van der Waals surface area contributed by atoms with Gasteiger partial charge in [0.15, 0.2) is 0 Å². The van der Waals surface area contributed by atoms with Crippen LogP contribution in [0, 0.1) is 5.92 Å². The molecule has 1 rings (SSSR count). The van der Waals surface area contributed by atoms with Gasteiger partial charge in [0.1, 0.15) is 6.04 Å². The van der Waals surface area contributed by atoms with Crippen molar-refractivity contribution in [3.8, 4) is 0 Å². The van der Waals surface area contributed by atoms with Crippen LogP contribution in [-0.4, -0.2) is 38.6 Å². The second kappa shape index (κ2) is 7.76. The summed E-state index contributed by atoms with van der Waals surface area (Å²) in [6.07, 6.45) is 0.457. The molecule has 1 aromatic carbocycles. The van der Waals surface area contributed by atoms with Crippen LogP contribution in [0.15, 0.2) is 23.1 Å². The first-order valence-electron chi connectivity index (χ1n) is 6.77. The maximum absolute atomic E-state index is 12.5. The number of carbonyl (C=O) groups is 2. The predicted octanol–water partition coefficient (Wildman–Crippen LogP) is 1.90. The molecule has 7 nitrogen and oxygen atoms in total. The van der Waals surface area contributed by atoms with E-state index < -0.39 is 38.8 Å². The number of benzene rings is 1. The molecule has 128 valence electrons. The van der Waals surface area contributed by atoms with Gasteiger partial charge in [-0.1, -0.05) is 31.9 Å². The van der Waals surface area contributed by atoms with Crippen molar-refractivity contribution >= 4 is 33.6 Å². The second-order valence-electron chi connectivity index (χ2n) is 4.95. The minimum atomic E-state index is -4.28. The number of halogens is 1. The third kappa shape index (κ3) is 4.66. The lowest BCUT2D eigenvalue weighted by atomic mass is 10.0. The topological polar surface area (TPSA) is 110 Å². The minimum absolute atomic E-state index is 0.0912. The monoisotopic (exact) mass is 363 g/mol. The molecule has 0 aliphatic carbocycles. The van der Waals surface area contributed by atoms with Crippen LogP contribution in [-0.2, 0) is 19.6 Å². The summed E-state index contributed by atoms with van der Waals surface area (Å²) in [5.41, 5.74) is -0.224. The van der Waals surface area contributed by atoms with E-state index in [1.807, 2.05) is 0 Å². The first-order chi connectivity index (χ1) is 10.6. The number of ether oxygens (including phenoxy) is 1. The standard InChI is InChI=1S/C14H18ClNO6S/c1-4-8(2)12(13(17)18)16-23(20,21)11-7-9(15)5-6-10(11)14(19)22-3/h5-8,12,16H,4H2,1-3H3,(H,17,18)/t8-,12-/m0/s1. The van der Waals surface area contributed by atoms with Crippen LogP contribution in [0.4, 0.5) is 0 Å². The van der Waals surface area contributed by atoms with Crippen molar-refractivity contribution in [1.29, 1.82) is 0 Å². The molecule has 0 saturated heterocycles. The van der Waals surface area contributed by atoms with Gasteiger partial charge < -0.3 is 9.84 Å². The summed E-state index contributed by atoms with van der Waals surface area (Å²) in [4.78, 5) is 22.6. The number of sulfonamides is 1. The van der Waals surface area contributed by atoms with Crippen LogP contribution in [0.25, 0.3) is 0 Å². The SMILES string of the molecule is CC[C@H](C)[C@H](NS(=O)(=O)c1cc(Cl)ccc1C(=O)OC)C(=O)O. The highest BCUT2D eigenvalue weighted by Crippen LogP contribution is 2.23. The van der Waals surface area contributed by atoms with E-state index in [0.29, 0.717) is 6.42 Å². The number of carboxylic acid groups (broad SMARTS) is 1. The van der Waals surface area contributed by atoms with Gasteiger partial charge in [0.2, 0.25) is 10.0 Å². The molecule has 0 aliphatic heterocycles. The molecule has 0 aliphatic rings. The Morgan fingerprint density at radius 1 is 1.39 bits per heavy atom. The Morgan fingerprint density at radius 2 is 2.00 bits per heavy atom. The van der Waals surface area contributed by atoms with E-state index in [-0.39, 0.29) is 10.6 Å². The molecule has 0 saturated carbocycles. The van der Waals surface area contributed by atoms with Crippen LogP contribution >= 0.6 is 11.6 Å². The van der Waals surface area contributed by atoms with Crippen molar-refractivity contribution in [2.75, 3.05) is 7.11 Å². The van der Waals surface area contributed by atoms with Crippen LogP contribution < -0.4 is 4.72 Å². The predicted molar refractivity (Wildman–Crippen MR) is 84.0 cm³/mol. The largest absolute Gasteiger partial charge is 0.480 e. The molecule has 2 N–H and O–H groups in total. The number of esters is 1. The summed E-state index contributed by atoms with van der Waals surface area (Å²) in [7, 11) is -3.17. The number of aliphatic carboxylic acids is 1. The molecular weight excluding hydrogens is 346 g/mol. The molecule has 23 heavy (non-hydrogen) atoms. The van der Waals surface area contributed by atoms with E-state index in [2.05, 4.69) is 9.46 Å². The van der Waals surface area contributed by atoms with E-state index >= 15 is 0 Å². The molecule has 0 spiro atoms. The maximum atomic E-state index is 12.5. The zero-order valence-electron chi connectivity index (χ0n) is 12.9. The average molecular weight is 364 g/mol. The van der Waals surface area contributed by atoms with Gasteiger partial charge in [0, 0.05) is 5.02 Å². The van der Waals surface area contributed by atoms with Gasteiger partial charge in [-0.15, -0.1) is 0 Å². The molecule has 0 aromatic heterocycles. The fraction of sp³-hybridized carbons (Fsp3) is 0.429. The van der Waals surface area contributed by atoms with Gasteiger partial charge in [-0.2, -0.15) is 4.72 Å². The van der Waals surface area contributed by atoms with Gasteiger partial charge in [-0.05, 0) is 24.1 Å². The first-order valence-corrected chi connectivity index (χ1v) is 8.63. The van der Waals surface area contributed by atoms with Crippen molar-refractivity contribution in [2.45, 2.75) is 31.2 Å². The van der Waals surface area contributed by atoms with E-state index in [1.165, 1.54) is 12.1 Å². The first kappa shape index (κ1) is 19.4. The lowest BCUT2D eigenvalue weighted by molar-refractivity contribution is -0.140. The number of nitrogens with one attached hydrogen (secondary N) is 1. The van der Waals surface area contributed by atoms with Crippen molar-refractivity contribution in [1.82, 2.24) is 4.72 Å². The highest BCUT2D eigenvalue weighted by atomic mass is 35.5. The quantitative estimate of drug-likeness (QED) is 0.716. The third-order valence-electron chi connectivity index (χ3n) is 3.40. The van der Waals surface area contributed by atoms with Crippen molar-refractivity contribution in [3.63, 3.8) is 0 Å². The summed E-state index contributed by atoms with van der Waals surface area (Å²) < 4.78 is 31.7. The Hall–Kier alpha value is -1.64. The minimum Gasteiger partial charge on any atom is -0.480 e. The number of hydrogen-bond donors (Lipinski definition) is 2. The zero-order valence-corrected chi connectivity index (χ0v) is 14.4. The van der Waals surface area contributed by atoms with Gasteiger partial charge in [-0.3, -0.25) is 4.79 Å². The summed E-state index contributed by atoms with van der Waals surface area (Å²) in [5, 5.41) is 9.31. The van der Waals surface area contributed by atoms with Crippen molar-refractivity contribution < 1.29 is 27.9 Å².